The quantitative estimate of drug-likeness (QED) is 0.782. The number of hydrogen-bond donors (Lipinski definition) is 1. The zero-order valence-corrected chi connectivity index (χ0v) is 8.86. The van der Waals surface area contributed by atoms with Crippen LogP contribution in [0.3, 0.4) is 0 Å². The Morgan fingerprint density at radius 3 is 2.39 bits per heavy atom. The number of carbonyl (C=O) groups is 1. The average molecular weight is 256 g/mol. The molecule has 0 saturated carbocycles. The molecule has 2 aromatic rings. The van der Waals surface area contributed by atoms with E-state index in [1.54, 1.807) is 0 Å². The van der Waals surface area contributed by atoms with Crippen molar-refractivity contribution in [2.24, 2.45) is 5.73 Å². The van der Waals surface area contributed by atoms with E-state index in [9.17, 15) is 22.8 Å². The maximum Gasteiger partial charge on any atom is 0.417 e. The Bertz CT molecular complexity index is 689. The second-order valence-electron chi connectivity index (χ2n) is 3.58. The van der Waals surface area contributed by atoms with Crippen LogP contribution < -0.4 is 11.3 Å². The summed E-state index contributed by atoms with van der Waals surface area (Å²) < 4.78 is 38.8. The van der Waals surface area contributed by atoms with Crippen molar-refractivity contribution in [3.8, 4) is 0 Å². The lowest BCUT2D eigenvalue weighted by molar-refractivity contribution is -0.136. The Hall–Kier alpha value is -2.31. The number of carbonyl (C=O) groups excluding carboxylic acids is 1. The Balaban J connectivity index is 3.00. The Labute approximate surface area is 98.4 Å². The van der Waals surface area contributed by atoms with Gasteiger partial charge in [0.25, 0.3) is 5.56 Å². The molecule has 0 spiro atoms. The lowest BCUT2D eigenvalue weighted by Crippen LogP contribution is -2.32. The summed E-state index contributed by atoms with van der Waals surface area (Å²) in [4.78, 5) is 22.6. The predicted octanol–water partition coefficient (Wildman–Crippen LogP) is 1.95. The molecule has 2 N–H and O–H groups in total. The highest BCUT2D eigenvalue weighted by Gasteiger charge is 2.34. The largest absolute Gasteiger partial charge is 0.417 e. The van der Waals surface area contributed by atoms with Crippen LogP contribution in [0.5, 0.6) is 0 Å². The van der Waals surface area contributed by atoms with Gasteiger partial charge < -0.3 is 5.73 Å². The van der Waals surface area contributed by atoms with Crippen molar-refractivity contribution in [3.05, 3.63) is 46.2 Å². The number of rotatable bonds is 0. The van der Waals surface area contributed by atoms with Gasteiger partial charge in [0.15, 0.2) is 0 Å². The fourth-order valence-electron chi connectivity index (χ4n) is 1.74. The lowest BCUT2D eigenvalue weighted by Gasteiger charge is -2.12. The zero-order valence-electron chi connectivity index (χ0n) is 8.86. The SMILES string of the molecule is NC(=O)n1c(=O)cc(C(F)(F)F)c2ccccc21. The van der Waals surface area contributed by atoms with E-state index in [1.165, 1.54) is 24.3 Å². The van der Waals surface area contributed by atoms with Crippen molar-refractivity contribution in [1.29, 1.82) is 0 Å². The number of aromatic nitrogens is 1. The number of pyridine rings is 1. The molecular formula is C11H7F3N2O2. The molecule has 0 aliphatic heterocycles. The van der Waals surface area contributed by atoms with E-state index in [-0.39, 0.29) is 10.9 Å². The molecule has 4 nitrogen and oxygen atoms in total. The molecule has 0 atom stereocenters. The van der Waals surface area contributed by atoms with Crippen LogP contribution in [-0.2, 0) is 6.18 Å². The number of para-hydroxylation sites is 1. The number of alkyl halides is 3. The Morgan fingerprint density at radius 1 is 1.22 bits per heavy atom. The summed E-state index contributed by atoms with van der Waals surface area (Å²) >= 11 is 0. The first-order valence-corrected chi connectivity index (χ1v) is 4.84. The molecule has 0 saturated heterocycles. The molecule has 0 aliphatic carbocycles. The van der Waals surface area contributed by atoms with Crippen molar-refractivity contribution in [1.82, 2.24) is 4.57 Å². The molecule has 1 aromatic carbocycles. The molecule has 18 heavy (non-hydrogen) atoms. The van der Waals surface area contributed by atoms with E-state index in [1.807, 2.05) is 0 Å². The monoisotopic (exact) mass is 256 g/mol. The second-order valence-corrected chi connectivity index (χ2v) is 3.58. The number of amides is 1. The molecule has 2 rings (SSSR count). The van der Waals surface area contributed by atoms with Crippen LogP contribution in [0, 0.1) is 0 Å². The van der Waals surface area contributed by atoms with Gasteiger partial charge in [-0.1, -0.05) is 18.2 Å². The third kappa shape index (κ3) is 1.83. The first-order chi connectivity index (χ1) is 8.32. The minimum atomic E-state index is -4.67. The van der Waals surface area contributed by atoms with E-state index < -0.39 is 23.3 Å². The van der Waals surface area contributed by atoms with Gasteiger partial charge in [-0.15, -0.1) is 0 Å². The van der Waals surface area contributed by atoms with Gasteiger partial charge in [0.1, 0.15) is 0 Å². The molecular weight excluding hydrogens is 249 g/mol. The topological polar surface area (TPSA) is 65.1 Å². The van der Waals surface area contributed by atoms with E-state index >= 15 is 0 Å². The van der Waals surface area contributed by atoms with Crippen molar-refractivity contribution in [2.75, 3.05) is 0 Å². The van der Waals surface area contributed by atoms with Crippen LogP contribution >= 0.6 is 0 Å². The summed E-state index contributed by atoms with van der Waals surface area (Å²) in [6, 6.07) is 4.46. The highest BCUT2D eigenvalue weighted by molar-refractivity contribution is 5.91. The first kappa shape index (κ1) is 12.2. The normalized spacial score (nSPS) is 11.7. The highest BCUT2D eigenvalue weighted by atomic mass is 19.4. The lowest BCUT2D eigenvalue weighted by atomic mass is 10.1. The predicted molar refractivity (Wildman–Crippen MR) is 58.2 cm³/mol. The van der Waals surface area contributed by atoms with Crippen molar-refractivity contribution >= 4 is 16.9 Å². The summed E-state index contributed by atoms with van der Waals surface area (Å²) in [5.41, 5.74) is 2.63. The van der Waals surface area contributed by atoms with Gasteiger partial charge in [-0.05, 0) is 6.07 Å². The summed E-state index contributed by atoms with van der Waals surface area (Å²) in [6.45, 7) is 0. The van der Waals surface area contributed by atoms with Crippen molar-refractivity contribution in [2.45, 2.75) is 6.18 Å². The third-order valence-corrected chi connectivity index (χ3v) is 2.45. The van der Waals surface area contributed by atoms with Gasteiger partial charge in [-0.3, -0.25) is 4.79 Å². The van der Waals surface area contributed by atoms with Crippen molar-refractivity contribution < 1.29 is 18.0 Å². The number of hydrogen-bond acceptors (Lipinski definition) is 2. The Morgan fingerprint density at radius 2 is 1.83 bits per heavy atom. The third-order valence-electron chi connectivity index (χ3n) is 2.45. The summed E-state index contributed by atoms with van der Waals surface area (Å²) in [7, 11) is 0. The van der Waals surface area contributed by atoms with Crippen LogP contribution in [0.25, 0.3) is 10.9 Å². The second kappa shape index (κ2) is 3.86. The molecule has 1 amide bonds. The van der Waals surface area contributed by atoms with E-state index in [2.05, 4.69) is 0 Å². The van der Waals surface area contributed by atoms with Gasteiger partial charge in [-0.25, -0.2) is 9.36 Å². The van der Waals surface area contributed by atoms with Crippen LogP contribution in [0.2, 0.25) is 0 Å². The maximum atomic E-state index is 12.8. The maximum absolute atomic E-state index is 12.8. The number of fused-ring (bicyclic) bond motifs is 1. The fraction of sp³-hybridized carbons (Fsp3) is 0.0909. The van der Waals surface area contributed by atoms with Gasteiger partial charge >= 0.3 is 12.2 Å². The van der Waals surface area contributed by atoms with E-state index in [0.717, 1.165) is 0 Å². The van der Waals surface area contributed by atoms with Gasteiger partial charge in [0.05, 0.1) is 11.1 Å². The smallest absolute Gasteiger partial charge is 0.351 e. The molecule has 7 heteroatoms. The van der Waals surface area contributed by atoms with E-state index in [0.29, 0.717) is 10.6 Å². The van der Waals surface area contributed by atoms with Crippen LogP contribution in [0.1, 0.15) is 5.56 Å². The number of primary amides is 1. The minimum Gasteiger partial charge on any atom is -0.351 e. The summed E-state index contributed by atoms with van der Waals surface area (Å²) in [5, 5.41) is -0.247. The molecule has 0 fully saturated rings. The molecule has 94 valence electrons. The summed E-state index contributed by atoms with van der Waals surface area (Å²) in [6.07, 6.45) is -4.67. The zero-order chi connectivity index (χ0) is 13.5. The van der Waals surface area contributed by atoms with E-state index in [4.69, 9.17) is 5.73 Å². The van der Waals surface area contributed by atoms with Gasteiger partial charge in [0.2, 0.25) is 0 Å². The molecule has 0 aliphatic rings. The van der Waals surface area contributed by atoms with Crippen LogP contribution in [0.4, 0.5) is 18.0 Å². The molecule has 1 aromatic heterocycles. The number of nitrogens with zero attached hydrogens (tertiary/aromatic N) is 1. The Kier molecular flexibility index (Phi) is 2.61. The van der Waals surface area contributed by atoms with Gasteiger partial charge in [-0.2, -0.15) is 13.2 Å². The molecule has 0 bridgehead atoms. The number of nitrogens with two attached hydrogens (primary N) is 1. The molecule has 1 heterocycles. The number of benzene rings is 1. The molecule has 0 radical (unpaired) electrons. The standard InChI is InChI=1S/C11H7F3N2O2/c12-11(13,14)7-5-9(17)16(10(15)18)8-4-2-1-3-6(7)8/h1-5H,(H2,15,18). The van der Waals surface area contributed by atoms with Crippen LogP contribution in [0.15, 0.2) is 35.1 Å². The van der Waals surface area contributed by atoms with Gasteiger partial charge in [0, 0.05) is 11.5 Å². The fourth-order valence-corrected chi connectivity index (χ4v) is 1.74. The minimum absolute atomic E-state index is 0.162. The number of halogens is 3. The summed E-state index contributed by atoms with van der Waals surface area (Å²) in [5.74, 6) is 0. The average Bonchev–Trinajstić information content (AvgIpc) is 2.25. The van der Waals surface area contributed by atoms with Crippen molar-refractivity contribution in [3.63, 3.8) is 0 Å². The molecule has 0 unspecified atom stereocenters. The first-order valence-electron chi connectivity index (χ1n) is 4.84. The highest BCUT2D eigenvalue weighted by Crippen LogP contribution is 2.33. The van der Waals surface area contributed by atoms with Crippen LogP contribution in [-0.4, -0.2) is 10.6 Å².